The van der Waals surface area contributed by atoms with Crippen LogP contribution in [0.1, 0.15) is 26.3 Å². The third kappa shape index (κ3) is 3.70. The van der Waals surface area contributed by atoms with Gasteiger partial charge in [0.05, 0.1) is 5.56 Å². The number of carbonyl (C=O) groups excluding carboxylic acids is 1. The monoisotopic (exact) mass is 288 g/mol. The lowest BCUT2D eigenvalue weighted by molar-refractivity contribution is 0.0610. The molecule has 0 fully saturated rings. The molecular formula is C14H16N4O3. The zero-order chi connectivity index (χ0) is 15.5. The van der Waals surface area contributed by atoms with Gasteiger partial charge in [-0.15, -0.1) is 9.89 Å². The van der Waals surface area contributed by atoms with Crippen molar-refractivity contribution in [2.75, 3.05) is 12.0 Å². The zero-order valence-electron chi connectivity index (χ0n) is 12.0. The predicted molar refractivity (Wildman–Crippen MR) is 77.1 cm³/mol. The van der Waals surface area contributed by atoms with E-state index in [9.17, 15) is 4.79 Å². The molecule has 7 heteroatoms. The van der Waals surface area contributed by atoms with E-state index in [1.54, 1.807) is 39.0 Å². The molecule has 0 aliphatic heterocycles. The summed E-state index contributed by atoms with van der Waals surface area (Å²) < 4.78 is 5.17. The van der Waals surface area contributed by atoms with Gasteiger partial charge < -0.3 is 9.84 Å². The van der Waals surface area contributed by atoms with Crippen LogP contribution in [-0.4, -0.2) is 38.5 Å². The van der Waals surface area contributed by atoms with Gasteiger partial charge in [0.1, 0.15) is 23.2 Å². The number of amides is 1. The van der Waals surface area contributed by atoms with E-state index in [4.69, 9.17) is 9.84 Å². The van der Waals surface area contributed by atoms with E-state index in [1.807, 2.05) is 0 Å². The van der Waals surface area contributed by atoms with E-state index in [1.165, 1.54) is 4.79 Å². The van der Waals surface area contributed by atoms with Crippen molar-refractivity contribution in [1.29, 1.82) is 0 Å². The maximum Gasteiger partial charge on any atom is 0.428 e. The van der Waals surface area contributed by atoms with Crippen LogP contribution in [0.3, 0.4) is 0 Å². The molecule has 2 N–H and O–H groups in total. The third-order valence-electron chi connectivity index (χ3n) is 2.37. The van der Waals surface area contributed by atoms with Crippen LogP contribution in [0, 0.1) is 11.8 Å². The highest BCUT2D eigenvalue weighted by Gasteiger charge is 2.18. The van der Waals surface area contributed by atoms with Crippen molar-refractivity contribution in [3.63, 3.8) is 0 Å². The molecule has 2 rings (SSSR count). The first kappa shape index (κ1) is 14.8. The average Bonchev–Trinajstić information content (AvgIpc) is 2.78. The van der Waals surface area contributed by atoms with Gasteiger partial charge in [-0.1, -0.05) is 17.9 Å². The lowest BCUT2D eigenvalue weighted by Crippen LogP contribution is -2.32. The van der Waals surface area contributed by atoms with E-state index in [0.29, 0.717) is 16.6 Å². The molecule has 0 saturated carbocycles. The number of hydrogen-bond donors (Lipinski definition) is 2. The topological polar surface area (TPSA) is 89.3 Å². The number of nitrogens with one attached hydrogen (secondary N) is 1. The Hall–Kier alpha value is -2.59. The molecule has 21 heavy (non-hydrogen) atoms. The highest BCUT2D eigenvalue weighted by molar-refractivity contribution is 5.84. The first-order valence-corrected chi connectivity index (χ1v) is 6.35. The van der Waals surface area contributed by atoms with Crippen LogP contribution in [0.25, 0.3) is 11.0 Å². The maximum absolute atomic E-state index is 11.8. The second kappa shape index (κ2) is 5.81. The summed E-state index contributed by atoms with van der Waals surface area (Å²) in [4.78, 5) is 13.0. The van der Waals surface area contributed by atoms with Gasteiger partial charge in [0.2, 0.25) is 0 Å². The van der Waals surface area contributed by atoms with Gasteiger partial charge in [-0.2, -0.15) is 0 Å². The number of aromatic nitrogens is 3. The largest absolute Gasteiger partial charge is 0.443 e. The quantitative estimate of drug-likeness (QED) is 0.771. The predicted octanol–water partition coefficient (Wildman–Crippen LogP) is 1.25. The van der Waals surface area contributed by atoms with E-state index in [0.717, 1.165) is 0 Å². The molecule has 1 aromatic carbocycles. The molecule has 7 nitrogen and oxygen atoms in total. The minimum Gasteiger partial charge on any atom is -0.443 e. The van der Waals surface area contributed by atoms with E-state index in [2.05, 4.69) is 27.6 Å². The van der Waals surface area contributed by atoms with Crippen LogP contribution in [-0.2, 0) is 4.74 Å². The minimum atomic E-state index is -0.640. The third-order valence-corrected chi connectivity index (χ3v) is 2.37. The number of para-hydroxylation sites is 1. The van der Waals surface area contributed by atoms with E-state index >= 15 is 0 Å². The molecule has 0 aliphatic carbocycles. The van der Waals surface area contributed by atoms with Crippen LogP contribution >= 0.6 is 0 Å². The van der Waals surface area contributed by atoms with Crippen molar-refractivity contribution in [3.05, 3.63) is 23.8 Å². The van der Waals surface area contributed by atoms with Crippen molar-refractivity contribution in [2.24, 2.45) is 0 Å². The van der Waals surface area contributed by atoms with Crippen LogP contribution in [0.15, 0.2) is 18.2 Å². The van der Waals surface area contributed by atoms with Crippen molar-refractivity contribution in [1.82, 2.24) is 15.1 Å². The van der Waals surface area contributed by atoms with Gasteiger partial charge in [0.25, 0.3) is 0 Å². The molecule has 0 spiro atoms. The average molecular weight is 288 g/mol. The summed E-state index contributed by atoms with van der Waals surface area (Å²) >= 11 is 0. The highest BCUT2D eigenvalue weighted by atomic mass is 16.6. The van der Waals surface area contributed by atoms with Gasteiger partial charge in [-0.05, 0) is 38.1 Å². The second-order valence-corrected chi connectivity index (χ2v) is 5.25. The normalized spacial score (nSPS) is 10.9. The van der Waals surface area contributed by atoms with Crippen LogP contribution in [0.4, 0.5) is 4.79 Å². The Kier molecular flexibility index (Phi) is 4.10. The lowest BCUT2D eigenvalue weighted by Gasteiger charge is -2.19. The molecule has 1 amide bonds. The first-order chi connectivity index (χ1) is 9.90. The summed E-state index contributed by atoms with van der Waals surface area (Å²) in [5.74, 6) is 5.35. The van der Waals surface area contributed by atoms with Gasteiger partial charge >= 0.3 is 6.09 Å². The second-order valence-electron chi connectivity index (χ2n) is 5.25. The molecule has 110 valence electrons. The molecule has 0 bridgehead atoms. The Balaban J connectivity index is 2.34. The van der Waals surface area contributed by atoms with Gasteiger partial charge in [-0.3, -0.25) is 0 Å². The zero-order valence-corrected chi connectivity index (χ0v) is 12.0. The Morgan fingerprint density at radius 2 is 2.24 bits per heavy atom. The number of aliphatic hydroxyl groups is 1. The summed E-state index contributed by atoms with van der Waals surface area (Å²) in [5.41, 5.74) is 3.60. The van der Waals surface area contributed by atoms with Crippen molar-refractivity contribution < 1.29 is 14.6 Å². The Morgan fingerprint density at radius 3 is 2.90 bits per heavy atom. The van der Waals surface area contributed by atoms with E-state index < -0.39 is 11.7 Å². The number of ether oxygens (including phenoxy) is 1. The van der Waals surface area contributed by atoms with Crippen molar-refractivity contribution in [3.8, 4) is 11.8 Å². The van der Waals surface area contributed by atoms with Gasteiger partial charge in [0, 0.05) is 0 Å². The molecule has 0 unspecified atom stereocenters. The number of rotatable bonds is 1. The number of carbonyl (C=O) groups is 1. The molecule has 0 aliphatic rings. The fourth-order valence-corrected chi connectivity index (χ4v) is 1.67. The van der Waals surface area contributed by atoms with Crippen LogP contribution in [0.2, 0.25) is 0 Å². The fraction of sp³-hybridized carbons (Fsp3) is 0.357. The van der Waals surface area contributed by atoms with Gasteiger partial charge in [0.15, 0.2) is 0 Å². The number of nitrogens with zero attached hydrogens (tertiary/aromatic N) is 3. The Bertz CT molecular complexity index is 719. The highest BCUT2D eigenvalue weighted by Crippen LogP contribution is 2.15. The molecule has 0 radical (unpaired) electrons. The molecule has 0 saturated heterocycles. The van der Waals surface area contributed by atoms with E-state index in [-0.39, 0.29) is 6.61 Å². The summed E-state index contributed by atoms with van der Waals surface area (Å²) in [6.07, 6.45) is -0.640. The summed E-state index contributed by atoms with van der Waals surface area (Å²) in [5, 5.41) is 16.6. The number of hydrogen-bond acceptors (Lipinski definition) is 5. The molecular weight excluding hydrogens is 272 g/mol. The van der Waals surface area contributed by atoms with Crippen molar-refractivity contribution >= 4 is 17.1 Å². The molecule has 1 heterocycles. The maximum atomic E-state index is 11.8. The van der Waals surface area contributed by atoms with Crippen LogP contribution < -0.4 is 5.43 Å². The standard InChI is InChI=1S/C14H16N4O3/c1-14(2,3)21-13(20)16-18-12-10(7-5-9-19)6-4-8-11(12)15-17-18/h4,6,8,19H,9H2,1-3H3,(H,16,20). The van der Waals surface area contributed by atoms with Crippen molar-refractivity contribution in [2.45, 2.75) is 26.4 Å². The molecule has 2 aromatic rings. The number of fused-ring (bicyclic) bond motifs is 1. The SMILES string of the molecule is CC(C)(C)OC(=O)Nn1nnc2cccc(C#CCO)c21. The lowest BCUT2D eigenvalue weighted by atomic mass is 10.2. The summed E-state index contributed by atoms with van der Waals surface area (Å²) in [6.45, 7) is 5.05. The number of benzene rings is 1. The van der Waals surface area contributed by atoms with Gasteiger partial charge in [-0.25, -0.2) is 10.2 Å². The molecule has 0 atom stereocenters. The summed E-state index contributed by atoms with van der Waals surface area (Å²) in [7, 11) is 0. The molecule has 1 aromatic heterocycles. The first-order valence-electron chi connectivity index (χ1n) is 6.35. The Labute approximate surface area is 121 Å². The number of aliphatic hydroxyl groups excluding tert-OH is 1. The fourth-order valence-electron chi connectivity index (χ4n) is 1.67. The minimum absolute atomic E-state index is 0.253. The smallest absolute Gasteiger partial charge is 0.428 e. The summed E-state index contributed by atoms with van der Waals surface area (Å²) in [6, 6.07) is 5.28. The van der Waals surface area contributed by atoms with Crippen LogP contribution in [0.5, 0.6) is 0 Å². The Morgan fingerprint density at radius 1 is 1.48 bits per heavy atom.